The Bertz CT molecular complexity index is 366. The van der Waals surface area contributed by atoms with Gasteiger partial charge >= 0.3 is 0 Å². The zero-order valence-corrected chi connectivity index (χ0v) is 10.9. The Balaban J connectivity index is 2.32. The van der Waals surface area contributed by atoms with Crippen molar-refractivity contribution in [2.75, 3.05) is 33.9 Å². The van der Waals surface area contributed by atoms with E-state index in [0.717, 1.165) is 11.3 Å². The van der Waals surface area contributed by atoms with Crippen molar-refractivity contribution in [3.05, 3.63) is 35.9 Å². The molecule has 1 aromatic rings. The lowest BCUT2D eigenvalue weighted by molar-refractivity contribution is 0.0652. The zero-order valence-electron chi connectivity index (χ0n) is 10.9. The molecule has 2 N–H and O–H groups in total. The molecule has 18 heavy (non-hydrogen) atoms. The van der Waals surface area contributed by atoms with Crippen molar-refractivity contribution < 1.29 is 14.6 Å². The van der Waals surface area contributed by atoms with Gasteiger partial charge < -0.3 is 19.9 Å². The molecule has 0 saturated heterocycles. The van der Waals surface area contributed by atoms with E-state index in [1.807, 2.05) is 36.4 Å². The number of hydrogen-bond acceptors (Lipinski definition) is 4. The smallest absolute Gasteiger partial charge is 0.126 e. The van der Waals surface area contributed by atoms with Gasteiger partial charge in [0, 0.05) is 25.8 Å². The standard InChI is InChI=1S/C14H21NO3/c1-17-11-13(16)10-15-9-5-7-12-6-3-4-8-14(12)18-2/h3-8,13,15-16H,9-11H2,1-2H3/b7-5+. The summed E-state index contributed by atoms with van der Waals surface area (Å²) in [7, 11) is 3.23. The van der Waals surface area contributed by atoms with Gasteiger partial charge in [0.25, 0.3) is 0 Å². The molecule has 0 aliphatic heterocycles. The van der Waals surface area contributed by atoms with Crippen molar-refractivity contribution in [3.8, 4) is 5.75 Å². The Morgan fingerprint density at radius 2 is 2.11 bits per heavy atom. The molecule has 0 saturated carbocycles. The molecule has 0 bridgehead atoms. The van der Waals surface area contributed by atoms with E-state index in [4.69, 9.17) is 9.47 Å². The number of benzene rings is 1. The van der Waals surface area contributed by atoms with Gasteiger partial charge in [-0.1, -0.05) is 30.4 Å². The van der Waals surface area contributed by atoms with E-state index in [9.17, 15) is 5.11 Å². The summed E-state index contributed by atoms with van der Waals surface area (Å²) < 4.78 is 10.1. The van der Waals surface area contributed by atoms with E-state index in [1.165, 1.54) is 0 Å². The van der Waals surface area contributed by atoms with Gasteiger partial charge in [-0.05, 0) is 6.07 Å². The van der Waals surface area contributed by atoms with Crippen LogP contribution in [0.3, 0.4) is 0 Å². The molecule has 0 fully saturated rings. The van der Waals surface area contributed by atoms with Gasteiger partial charge in [-0.15, -0.1) is 0 Å². The molecule has 0 aliphatic rings. The Morgan fingerprint density at radius 3 is 2.83 bits per heavy atom. The molecule has 100 valence electrons. The third kappa shape index (κ3) is 5.31. The predicted molar refractivity (Wildman–Crippen MR) is 72.8 cm³/mol. The fourth-order valence-electron chi connectivity index (χ4n) is 1.57. The average molecular weight is 251 g/mol. The van der Waals surface area contributed by atoms with E-state index in [-0.39, 0.29) is 0 Å². The Labute approximate surface area is 108 Å². The van der Waals surface area contributed by atoms with E-state index in [0.29, 0.717) is 19.7 Å². The Morgan fingerprint density at radius 1 is 1.33 bits per heavy atom. The molecule has 1 atom stereocenters. The Hall–Kier alpha value is -1.36. The number of hydrogen-bond donors (Lipinski definition) is 2. The minimum absolute atomic E-state index is 0.350. The first kappa shape index (κ1) is 14.7. The lowest BCUT2D eigenvalue weighted by Crippen LogP contribution is -2.30. The zero-order chi connectivity index (χ0) is 13.2. The van der Waals surface area contributed by atoms with Crippen LogP contribution in [0.5, 0.6) is 5.75 Å². The minimum atomic E-state index is -0.463. The summed E-state index contributed by atoms with van der Waals surface area (Å²) in [5.41, 5.74) is 1.04. The molecule has 0 aliphatic carbocycles. The molecule has 0 spiro atoms. The molecule has 1 rings (SSSR count). The fourth-order valence-corrected chi connectivity index (χ4v) is 1.57. The SMILES string of the molecule is COCC(O)CNC/C=C/c1ccccc1OC. The van der Waals surface area contributed by atoms with Crippen LogP contribution in [0.2, 0.25) is 0 Å². The second-order valence-electron chi connectivity index (χ2n) is 3.91. The summed E-state index contributed by atoms with van der Waals surface area (Å²) >= 11 is 0. The maximum atomic E-state index is 9.42. The van der Waals surface area contributed by atoms with Crippen LogP contribution < -0.4 is 10.1 Å². The first-order valence-corrected chi connectivity index (χ1v) is 5.95. The van der Waals surface area contributed by atoms with Crippen molar-refractivity contribution in [1.29, 1.82) is 0 Å². The lowest BCUT2D eigenvalue weighted by atomic mass is 10.2. The summed E-state index contributed by atoms with van der Waals surface area (Å²) in [5, 5.41) is 12.5. The maximum Gasteiger partial charge on any atom is 0.126 e. The molecule has 0 amide bonds. The van der Waals surface area contributed by atoms with Crippen LogP contribution in [0, 0.1) is 0 Å². The first-order chi connectivity index (χ1) is 8.77. The molecule has 0 radical (unpaired) electrons. The molecule has 1 unspecified atom stereocenters. The van der Waals surface area contributed by atoms with Gasteiger partial charge in [-0.3, -0.25) is 0 Å². The van der Waals surface area contributed by atoms with Gasteiger partial charge in [-0.25, -0.2) is 0 Å². The average Bonchev–Trinajstić information content (AvgIpc) is 2.39. The van der Waals surface area contributed by atoms with Crippen LogP contribution in [-0.2, 0) is 4.74 Å². The van der Waals surface area contributed by atoms with Gasteiger partial charge in [0.2, 0.25) is 0 Å². The topological polar surface area (TPSA) is 50.7 Å². The minimum Gasteiger partial charge on any atom is -0.496 e. The predicted octanol–water partition coefficient (Wildman–Crippen LogP) is 1.31. The highest BCUT2D eigenvalue weighted by atomic mass is 16.5. The van der Waals surface area contributed by atoms with Gasteiger partial charge in [-0.2, -0.15) is 0 Å². The maximum absolute atomic E-state index is 9.42. The molecule has 4 heteroatoms. The lowest BCUT2D eigenvalue weighted by Gasteiger charge is -2.09. The molecule has 0 heterocycles. The van der Waals surface area contributed by atoms with Gasteiger partial charge in [0.1, 0.15) is 5.75 Å². The summed E-state index contributed by atoms with van der Waals surface area (Å²) in [6.45, 7) is 1.56. The number of methoxy groups -OCH3 is 2. The van der Waals surface area contributed by atoms with Crippen molar-refractivity contribution >= 4 is 6.08 Å². The first-order valence-electron chi connectivity index (χ1n) is 5.95. The van der Waals surface area contributed by atoms with E-state index in [1.54, 1.807) is 14.2 Å². The van der Waals surface area contributed by atoms with Gasteiger partial charge in [0.15, 0.2) is 0 Å². The number of rotatable bonds is 8. The summed E-state index contributed by atoms with van der Waals surface area (Å²) in [6.07, 6.45) is 3.53. The largest absolute Gasteiger partial charge is 0.496 e. The molecule has 4 nitrogen and oxygen atoms in total. The van der Waals surface area contributed by atoms with E-state index >= 15 is 0 Å². The summed E-state index contributed by atoms with van der Waals surface area (Å²) in [6, 6.07) is 7.83. The van der Waals surface area contributed by atoms with Crippen LogP contribution in [0.15, 0.2) is 30.3 Å². The van der Waals surface area contributed by atoms with E-state index in [2.05, 4.69) is 5.32 Å². The molecule has 1 aromatic carbocycles. The highest BCUT2D eigenvalue weighted by Crippen LogP contribution is 2.18. The second-order valence-corrected chi connectivity index (χ2v) is 3.91. The van der Waals surface area contributed by atoms with Crippen LogP contribution in [-0.4, -0.2) is 45.1 Å². The van der Waals surface area contributed by atoms with Crippen molar-refractivity contribution in [1.82, 2.24) is 5.32 Å². The van der Waals surface area contributed by atoms with Crippen molar-refractivity contribution in [2.24, 2.45) is 0 Å². The molecular weight excluding hydrogens is 230 g/mol. The summed E-state index contributed by atoms with van der Waals surface area (Å²) in [5.74, 6) is 0.855. The van der Waals surface area contributed by atoms with Gasteiger partial charge in [0.05, 0.1) is 19.8 Å². The van der Waals surface area contributed by atoms with Crippen molar-refractivity contribution in [2.45, 2.75) is 6.10 Å². The quantitative estimate of drug-likeness (QED) is 0.684. The monoisotopic (exact) mass is 251 g/mol. The number of aliphatic hydroxyl groups is 1. The van der Waals surface area contributed by atoms with Crippen LogP contribution >= 0.6 is 0 Å². The third-order valence-corrected chi connectivity index (χ3v) is 2.44. The summed E-state index contributed by atoms with van der Waals surface area (Å²) in [4.78, 5) is 0. The number of aliphatic hydroxyl groups excluding tert-OH is 1. The third-order valence-electron chi connectivity index (χ3n) is 2.44. The van der Waals surface area contributed by atoms with Crippen LogP contribution in [0.4, 0.5) is 0 Å². The fraction of sp³-hybridized carbons (Fsp3) is 0.429. The number of nitrogens with one attached hydrogen (secondary N) is 1. The highest BCUT2D eigenvalue weighted by molar-refractivity contribution is 5.57. The van der Waals surface area contributed by atoms with Crippen LogP contribution in [0.25, 0.3) is 6.08 Å². The van der Waals surface area contributed by atoms with E-state index < -0.39 is 6.10 Å². The number of ether oxygens (including phenoxy) is 2. The number of para-hydroxylation sites is 1. The normalized spacial score (nSPS) is 12.8. The highest BCUT2D eigenvalue weighted by Gasteiger charge is 2.00. The molecular formula is C14H21NO3. The van der Waals surface area contributed by atoms with Crippen LogP contribution in [0.1, 0.15) is 5.56 Å². The van der Waals surface area contributed by atoms with Crippen molar-refractivity contribution in [3.63, 3.8) is 0 Å². The Kier molecular flexibility index (Phi) is 7.10. The second kappa shape index (κ2) is 8.69. The molecule has 0 aromatic heterocycles.